The maximum atomic E-state index is 12.3. The highest BCUT2D eigenvalue weighted by atomic mass is 79.9. The fourth-order valence-corrected chi connectivity index (χ4v) is 2.44. The summed E-state index contributed by atoms with van der Waals surface area (Å²) in [5.74, 6) is 0.136. The largest absolute Gasteiger partial charge is 0.347 e. The van der Waals surface area contributed by atoms with E-state index in [4.69, 9.17) is 0 Å². The highest BCUT2D eigenvalue weighted by molar-refractivity contribution is 9.10. The number of nitrogens with zero attached hydrogens (tertiary/aromatic N) is 1. The van der Waals surface area contributed by atoms with E-state index in [0.29, 0.717) is 0 Å². The van der Waals surface area contributed by atoms with Gasteiger partial charge in [-0.25, -0.2) is 0 Å². The molecule has 3 nitrogen and oxygen atoms in total. The molecule has 0 spiro atoms. The Labute approximate surface area is 115 Å². The lowest BCUT2D eigenvalue weighted by molar-refractivity contribution is 0.0956. The fraction of sp³-hybridized carbons (Fsp3) is 0.357. The van der Waals surface area contributed by atoms with Crippen molar-refractivity contribution in [2.24, 2.45) is 0 Å². The minimum absolute atomic E-state index is 0.136. The summed E-state index contributed by atoms with van der Waals surface area (Å²) in [6.07, 6.45) is 1.95. The van der Waals surface area contributed by atoms with Crippen molar-refractivity contribution in [2.45, 2.75) is 26.4 Å². The second-order valence-corrected chi connectivity index (χ2v) is 5.28. The van der Waals surface area contributed by atoms with Crippen LogP contribution < -0.4 is 5.32 Å². The normalized spacial score (nSPS) is 12.9. The average molecular weight is 309 g/mol. The highest BCUT2D eigenvalue weighted by Crippen LogP contribution is 2.26. The summed E-state index contributed by atoms with van der Waals surface area (Å²) in [5, 5.41) is 4.02. The third kappa shape index (κ3) is 2.22. The van der Waals surface area contributed by atoms with Crippen LogP contribution in [0.4, 0.5) is 0 Å². The molecule has 0 aliphatic rings. The first kappa shape index (κ1) is 13.3. The van der Waals surface area contributed by atoms with Crippen molar-refractivity contribution in [3.05, 3.63) is 34.4 Å². The van der Waals surface area contributed by atoms with E-state index >= 15 is 0 Å². The molecule has 18 heavy (non-hydrogen) atoms. The number of fused-ring (bicyclic) bond motifs is 1. The molecule has 1 heterocycles. The second kappa shape index (κ2) is 5.24. The van der Waals surface area contributed by atoms with Gasteiger partial charge in [0.2, 0.25) is 0 Å². The van der Waals surface area contributed by atoms with Crippen LogP contribution in [0.2, 0.25) is 0 Å². The zero-order valence-electron chi connectivity index (χ0n) is 10.8. The molecule has 2 aromatic rings. The Morgan fingerprint density at radius 1 is 1.50 bits per heavy atom. The molecule has 0 fully saturated rings. The number of rotatable bonds is 4. The van der Waals surface area contributed by atoms with E-state index in [0.717, 1.165) is 27.5 Å². The lowest BCUT2D eigenvalue weighted by Crippen LogP contribution is -2.30. The van der Waals surface area contributed by atoms with Crippen LogP contribution >= 0.6 is 15.9 Å². The van der Waals surface area contributed by atoms with Crippen LogP contribution in [0.5, 0.6) is 0 Å². The maximum absolute atomic E-state index is 12.3. The number of Topliss-reactive ketones (excluding diaryl/α,β-unsaturated/α-hetero) is 1. The van der Waals surface area contributed by atoms with Crippen LogP contribution in [0.1, 0.15) is 24.2 Å². The number of carbonyl (C=O) groups excluding carboxylic acids is 1. The van der Waals surface area contributed by atoms with Crippen LogP contribution in [0.3, 0.4) is 0 Å². The van der Waals surface area contributed by atoms with Gasteiger partial charge in [0.15, 0.2) is 5.78 Å². The van der Waals surface area contributed by atoms with Gasteiger partial charge >= 0.3 is 0 Å². The highest BCUT2D eigenvalue weighted by Gasteiger charge is 2.18. The summed E-state index contributed by atoms with van der Waals surface area (Å²) in [4.78, 5) is 12.3. The van der Waals surface area contributed by atoms with Gasteiger partial charge in [0.05, 0.1) is 6.04 Å². The molecule has 1 atom stereocenters. The zero-order valence-corrected chi connectivity index (χ0v) is 12.4. The van der Waals surface area contributed by atoms with Gasteiger partial charge in [-0.1, -0.05) is 22.0 Å². The van der Waals surface area contributed by atoms with Gasteiger partial charge in [0.25, 0.3) is 0 Å². The molecule has 96 valence electrons. The number of likely N-dealkylation sites (N-methyl/N-ethyl adjacent to an activating group) is 1. The first-order valence-electron chi connectivity index (χ1n) is 6.08. The summed E-state index contributed by atoms with van der Waals surface area (Å²) in [7, 11) is 1.80. The van der Waals surface area contributed by atoms with Gasteiger partial charge in [0.1, 0.15) is 0 Å². The number of ketones is 1. The summed E-state index contributed by atoms with van der Waals surface area (Å²) in [6, 6.07) is 5.87. The van der Waals surface area contributed by atoms with Gasteiger partial charge in [-0.15, -0.1) is 0 Å². The third-order valence-corrected chi connectivity index (χ3v) is 3.77. The van der Waals surface area contributed by atoms with Gasteiger partial charge in [0, 0.05) is 33.7 Å². The van der Waals surface area contributed by atoms with Crippen LogP contribution in [-0.2, 0) is 6.54 Å². The van der Waals surface area contributed by atoms with Crippen molar-refractivity contribution < 1.29 is 4.79 Å². The van der Waals surface area contributed by atoms with Crippen molar-refractivity contribution in [1.82, 2.24) is 9.88 Å². The Hall–Kier alpha value is -1.13. The van der Waals surface area contributed by atoms with E-state index in [1.54, 1.807) is 7.05 Å². The molecule has 0 bridgehead atoms. The number of benzene rings is 1. The topological polar surface area (TPSA) is 34.0 Å². The Kier molecular flexibility index (Phi) is 3.88. The third-order valence-electron chi connectivity index (χ3n) is 3.28. The number of hydrogen-bond acceptors (Lipinski definition) is 2. The van der Waals surface area contributed by atoms with Crippen LogP contribution in [-0.4, -0.2) is 23.4 Å². The van der Waals surface area contributed by atoms with Crippen LogP contribution in [0, 0.1) is 0 Å². The lowest BCUT2D eigenvalue weighted by Gasteiger charge is -2.07. The molecule has 1 unspecified atom stereocenters. The average Bonchev–Trinajstić information content (AvgIpc) is 2.74. The van der Waals surface area contributed by atoms with Crippen molar-refractivity contribution in [1.29, 1.82) is 0 Å². The SMILES string of the molecule is CCn1cc(C(=O)C(C)NC)c2ccc(Br)cc21. The number of hydrogen-bond donors (Lipinski definition) is 1. The van der Waals surface area contributed by atoms with E-state index in [1.807, 2.05) is 25.3 Å². The number of aryl methyl sites for hydroxylation is 1. The van der Waals surface area contributed by atoms with Gasteiger partial charge in [-0.2, -0.15) is 0 Å². The Morgan fingerprint density at radius 3 is 2.83 bits per heavy atom. The smallest absolute Gasteiger partial charge is 0.181 e. The molecule has 0 saturated carbocycles. The molecule has 1 aromatic carbocycles. The summed E-state index contributed by atoms with van der Waals surface area (Å²) < 4.78 is 3.14. The molecule has 0 radical (unpaired) electrons. The van der Waals surface area contributed by atoms with Gasteiger partial charge < -0.3 is 9.88 Å². The first-order valence-corrected chi connectivity index (χ1v) is 6.87. The fourth-order valence-electron chi connectivity index (χ4n) is 2.09. The summed E-state index contributed by atoms with van der Waals surface area (Å²) in [6.45, 7) is 4.82. The molecule has 0 aliphatic heterocycles. The van der Waals surface area contributed by atoms with Crippen LogP contribution in [0.15, 0.2) is 28.9 Å². The summed E-state index contributed by atoms with van der Waals surface area (Å²) in [5.41, 5.74) is 1.89. The van der Waals surface area contributed by atoms with E-state index in [2.05, 4.69) is 38.8 Å². The number of aromatic nitrogens is 1. The molecular weight excluding hydrogens is 292 g/mol. The van der Waals surface area contributed by atoms with Gasteiger partial charge in [-0.3, -0.25) is 4.79 Å². The van der Waals surface area contributed by atoms with E-state index in [-0.39, 0.29) is 11.8 Å². The van der Waals surface area contributed by atoms with Crippen molar-refractivity contribution in [3.63, 3.8) is 0 Å². The predicted molar refractivity (Wildman–Crippen MR) is 78.2 cm³/mol. The molecule has 2 rings (SSSR count). The number of nitrogens with one attached hydrogen (secondary N) is 1. The summed E-state index contributed by atoms with van der Waals surface area (Å²) >= 11 is 3.47. The van der Waals surface area contributed by atoms with Crippen molar-refractivity contribution in [2.75, 3.05) is 7.05 Å². The minimum atomic E-state index is -0.162. The molecular formula is C14H17BrN2O. The Bertz CT molecular complexity index is 589. The first-order chi connectivity index (χ1) is 8.58. The zero-order chi connectivity index (χ0) is 13.3. The molecule has 0 aliphatic carbocycles. The Balaban J connectivity index is 2.62. The quantitative estimate of drug-likeness (QED) is 0.880. The molecule has 0 saturated heterocycles. The lowest BCUT2D eigenvalue weighted by atomic mass is 10.0. The maximum Gasteiger partial charge on any atom is 0.181 e. The number of halogens is 1. The minimum Gasteiger partial charge on any atom is -0.347 e. The molecule has 0 amide bonds. The number of carbonyl (C=O) groups is 1. The van der Waals surface area contributed by atoms with Crippen molar-refractivity contribution >= 4 is 32.6 Å². The predicted octanol–water partition coefficient (Wildman–Crippen LogP) is 3.21. The van der Waals surface area contributed by atoms with Gasteiger partial charge in [-0.05, 0) is 33.0 Å². The standard InChI is InChI=1S/C14H17BrN2O/c1-4-17-8-12(14(18)9(2)16-3)11-6-5-10(15)7-13(11)17/h5-9,16H,4H2,1-3H3. The molecule has 4 heteroatoms. The molecule has 1 N–H and O–H groups in total. The van der Waals surface area contributed by atoms with Crippen molar-refractivity contribution in [3.8, 4) is 0 Å². The Morgan fingerprint density at radius 2 is 2.22 bits per heavy atom. The van der Waals surface area contributed by atoms with E-state index in [1.165, 1.54) is 0 Å². The molecule has 1 aromatic heterocycles. The second-order valence-electron chi connectivity index (χ2n) is 4.36. The van der Waals surface area contributed by atoms with E-state index < -0.39 is 0 Å². The monoisotopic (exact) mass is 308 g/mol. The van der Waals surface area contributed by atoms with E-state index in [9.17, 15) is 4.79 Å². The van der Waals surface area contributed by atoms with Crippen LogP contribution in [0.25, 0.3) is 10.9 Å².